The van der Waals surface area contributed by atoms with Crippen LogP contribution in [0.25, 0.3) is 0 Å². The van der Waals surface area contributed by atoms with Gasteiger partial charge in [-0.2, -0.15) is 0 Å². The van der Waals surface area contributed by atoms with Gasteiger partial charge >= 0.3 is 0 Å². The van der Waals surface area contributed by atoms with Crippen LogP contribution >= 0.6 is 11.3 Å². The van der Waals surface area contributed by atoms with Crippen LogP contribution in [0.5, 0.6) is 0 Å². The minimum atomic E-state index is -0.601. The summed E-state index contributed by atoms with van der Waals surface area (Å²) in [6.07, 6.45) is 6.39. The van der Waals surface area contributed by atoms with Gasteiger partial charge in [-0.1, -0.05) is 20.8 Å². The molecule has 2 amide bonds. The monoisotopic (exact) mass is 542 g/mol. The maximum Gasteiger partial charge on any atom is 0.277 e. The number of nitrogens with one attached hydrogen (secondary N) is 2. The number of anilines is 1. The van der Waals surface area contributed by atoms with E-state index in [9.17, 15) is 14.7 Å². The third-order valence-corrected chi connectivity index (χ3v) is 9.81. The molecule has 1 saturated carbocycles. The van der Waals surface area contributed by atoms with E-state index in [1.807, 2.05) is 6.92 Å². The molecule has 0 bridgehead atoms. The molecule has 2 fully saturated rings. The van der Waals surface area contributed by atoms with Gasteiger partial charge in [-0.05, 0) is 36.5 Å². The lowest BCUT2D eigenvalue weighted by molar-refractivity contribution is -0.134. The van der Waals surface area contributed by atoms with Crippen LogP contribution < -0.4 is 10.6 Å². The van der Waals surface area contributed by atoms with E-state index in [0.29, 0.717) is 11.7 Å². The molecule has 3 N–H and O–H groups in total. The Balaban J connectivity index is 1.24. The van der Waals surface area contributed by atoms with Gasteiger partial charge in [0.05, 0.1) is 31.2 Å². The molecule has 0 spiro atoms. The number of ether oxygens (including phenoxy) is 1. The van der Waals surface area contributed by atoms with Crippen LogP contribution in [0.15, 0.2) is 18.6 Å². The number of aliphatic hydroxyl groups excluding tert-OH is 1. The van der Waals surface area contributed by atoms with Crippen LogP contribution in [0.2, 0.25) is 0 Å². The Labute approximate surface area is 227 Å². The Morgan fingerprint density at radius 1 is 1.32 bits per heavy atom. The van der Waals surface area contributed by atoms with Crippen LogP contribution in [-0.4, -0.2) is 82.3 Å². The summed E-state index contributed by atoms with van der Waals surface area (Å²) in [5, 5.41) is 18.2. The van der Waals surface area contributed by atoms with Crippen molar-refractivity contribution in [1.82, 2.24) is 25.2 Å². The van der Waals surface area contributed by atoms with Crippen LogP contribution in [0, 0.1) is 23.2 Å². The van der Waals surface area contributed by atoms with Gasteiger partial charge in [0, 0.05) is 55.3 Å². The molecule has 0 unspecified atom stereocenters. The van der Waals surface area contributed by atoms with Gasteiger partial charge in [-0.3, -0.25) is 24.8 Å². The number of hydrogen-bond donors (Lipinski definition) is 3. The highest BCUT2D eigenvalue weighted by Gasteiger charge is 2.53. The molecule has 3 aliphatic rings. The molecule has 6 atom stereocenters. The Bertz CT molecular complexity index is 1140. The molecule has 5 rings (SSSR count). The van der Waals surface area contributed by atoms with E-state index in [0.717, 1.165) is 62.7 Å². The molecule has 1 aliphatic heterocycles. The summed E-state index contributed by atoms with van der Waals surface area (Å²) in [6.45, 7) is 11.0. The fraction of sp³-hybridized carbons (Fsp3) is 0.667. The molecule has 38 heavy (non-hydrogen) atoms. The first kappa shape index (κ1) is 27.1. The summed E-state index contributed by atoms with van der Waals surface area (Å²) in [5.41, 5.74) is 1.09. The SMILES string of the molecule is C[C@H](C(=O)NCCN1CCOCC1)[C@@H]1CC[C@]2(C)Cc3sc(NC(=O)c4cnccn4)nc3[C@@H](C)[C@@H]2[C@H]1O. The Kier molecular flexibility index (Phi) is 8.08. The number of carbonyl (C=O) groups excluding carboxylic acids is 2. The topological polar surface area (TPSA) is 130 Å². The second-order valence-electron chi connectivity index (χ2n) is 11.2. The van der Waals surface area contributed by atoms with Gasteiger partial charge < -0.3 is 15.2 Å². The molecule has 0 aromatic carbocycles. The fourth-order valence-corrected chi connectivity index (χ4v) is 7.95. The molecular formula is C27H38N6O4S. The third-order valence-electron chi connectivity index (χ3n) is 8.83. The lowest BCUT2D eigenvalue weighted by atomic mass is 9.53. The second kappa shape index (κ2) is 11.3. The van der Waals surface area contributed by atoms with Crippen molar-refractivity contribution in [3.8, 4) is 0 Å². The molecule has 0 radical (unpaired) electrons. The predicted octanol–water partition coefficient (Wildman–Crippen LogP) is 2.32. The van der Waals surface area contributed by atoms with Gasteiger partial charge in [0.25, 0.3) is 5.91 Å². The van der Waals surface area contributed by atoms with Crippen molar-refractivity contribution in [3.05, 3.63) is 34.9 Å². The van der Waals surface area contributed by atoms with Gasteiger partial charge in [0.15, 0.2) is 5.13 Å². The highest BCUT2D eigenvalue weighted by molar-refractivity contribution is 7.15. The Hall–Kier alpha value is -2.47. The fourth-order valence-electron chi connectivity index (χ4n) is 6.69. The summed E-state index contributed by atoms with van der Waals surface area (Å²) >= 11 is 1.50. The van der Waals surface area contributed by atoms with E-state index < -0.39 is 6.10 Å². The highest BCUT2D eigenvalue weighted by atomic mass is 32.1. The zero-order valence-electron chi connectivity index (χ0n) is 22.4. The first-order valence-electron chi connectivity index (χ1n) is 13.6. The summed E-state index contributed by atoms with van der Waals surface area (Å²) in [6, 6.07) is 0. The summed E-state index contributed by atoms with van der Waals surface area (Å²) in [7, 11) is 0. The van der Waals surface area contributed by atoms with Gasteiger partial charge in [-0.15, -0.1) is 11.3 Å². The molecular weight excluding hydrogens is 504 g/mol. The predicted molar refractivity (Wildman–Crippen MR) is 144 cm³/mol. The molecule has 206 valence electrons. The van der Waals surface area contributed by atoms with Crippen molar-refractivity contribution in [2.75, 3.05) is 44.7 Å². The minimum absolute atomic E-state index is 0.0107. The van der Waals surface area contributed by atoms with Crippen LogP contribution in [0.3, 0.4) is 0 Å². The van der Waals surface area contributed by atoms with Crippen molar-refractivity contribution in [2.45, 2.75) is 52.1 Å². The second-order valence-corrected chi connectivity index (χ2v) is 12.3. The molecule has 1 saturated heterocycles. The maximum absolute atomic E-state index is 13.0. The lowest BCUT2D eigenvalue weighted by Gasteiger charge is -2.53. The third kappa shape index (κ3) is 5.47. The summed E-state index contributed by atoms with van der Waals surface area (Å²) in [5.74, 6) is -0.702. The quantitative estimate of drug-likeness (QED) is 0.486. The van der Waals surface area contributed by atoms with Crippen molar-refractivity contribution < 1.29 is 19.4 Å². The number of hydrogen-bond acceptors (Lipinski definition) is 9. The van der Waals surface area contributed by atoms with E-state index >= 15 is 0 Å². The number of carbonyl (C=O) groups is 2. The Morgan fingerprint density at radius 3 is 2.84 bits per heavy atom. The average Bonchev–Trinajstić information content (AvgIpc) is 3.31. The number of morpholine rings is 1. The Morgan fingerprint density at radius 2 is 2.11 bits per heavy atom. The zero-order valence-corrected chi connectivity index (χ0v) is 23.2. The summed E-state index contributed by atoms with van der Waals surface area (Å²) < 4.78 is 5.39. The lowest BCUT2D eigenvalue weighted by Crippen LogP contribution is -2.53. The van der Waals surface area contributed by atoms with Crippen molar-refractivity contribution >= 4 is 28.3 Å². The number of aromatic nitrogens is 3. The van der Waals surface area contributed by atoms with Crippen molar-refractivity contribution in [1.29, 1.82) is 0 Å². The van der Waals surface area contributed by atoms with E-state index in [2.05, 4.69) is 39.3 Å². The number of amides is 2. The molecule has 11 heteroatoms. The van der Waals surface area contributed by atoms with Gasteiger partial charge in [0.1, 0.15) is 5.69 Å². The molecule has 2 aromatic heterocycles. The largest absolute Gasteiger partial charge is 0.392 e. The van der Waals surface area contributed by atoms with E-state index in [1.54, 1.807) is 0 Å². The first-order valence-corrected chi connectivity index (χ1v) is 14.4. The van der Waals surface area contributed by atoms with Crippen molar-refractivity contribution in [3.63, 3.8) is 0 Å². The van der Waals surface area contributed by atoms with Crippen molar-refractivity contribution in [2.24, 2.45) is 23.2 Å². The average molecular weight is 543 g/mol. The molecule has 3 heterocycles. The van der Waals surface area contributed by atoms with Gasteiger partial charge in [0.2, 0.25) is 5.91 Å². The molecule has 2 aliphatic carbocycles. The van der Waals surface area contributed by atoms with E-state index in [4.69, 9.17) is 9.72 Å². The normalized spacial score (nSPS) is 30.1. The van der Waals surface area contributed by atoms with E-state index in [-0.39, 0.29) is 46.6 Å². The summed E-state index contributed by atoms with van der Waals surface area (Å²) in [4.78, 5) is 41.9. The standard InChI is InChI=1S/C27H38N6O4S/c1-16(24(35)30-8-9-33-10-12-37-13-11-33)18-4-5-27(3)14-20-22(17(2)21(27)23(18)34)31-26(38-20)32-25(36)19-15-28-6-7-29-19/h6-7,15-18,21,23,34H,4-5,8-14H2,1-3H3,(H,30,35)(H,31,32,36)/t16-,17-,18-,21+,23-,27+/m0/s1. The number of thiazole rings is 1. The smallest absolute Gasteiger partial charge is 0.277 e. The van der Waals surface area contributed by atoms with Crippen LogP contribution in [0.4, 0.5) is 5.13 Å². The van der Waals surface area contributed by atoms with E-state index in [1.165, 1.54) is 29.9 Å². The molecule has 2 aromatic rings. The van der Waals surface area contributed by atoms with Gasteiger partial charge in [-0.25, -0.2) is 9.97 Å². The maximum atomic E-state index is 13.0. The van der Waals surface area contributed by atoms with Crippen LogP contribution in [-0.2, 0) is 16.0 Å². The minimum Gasteiger partial charge on any atom is -0.392 e. The number of rotatable bonds is 7. The number of nitrogens with zero attached hydrogens (tertiary/aromatic N) is 4. The number of fused-ring (bicyclic) bond motifs is 2. The van der Waals surface area contributed by atoms with Crippen LogP contribution in [0.1, 0.15) is 60.6 Å². The number of aliphatic hydroxyl groups is 1. The highest BCUT2D eigenvalue weighted by Crippen LogP contribution is 2.57. The zero-order chi connectivity index (χ0) is 26.9. The first-order chi connectivity index (χ1) is 18.3. The molecule has 10 nitrogen and oxygen atoms in total.